The van der Waals surface area contributed by atoms with Crippen molar-refractivity contribution in [3.8, 4) is 0 Å². The summed E-state index contributed by atoms with van der Waals surface area (Å²) in [7, 11) is 0. The van der Waals surface area contributed by atoms with Crippen LogP contribution in [0.25, 0.3) is 0 Å². The van der Waals surface area contributed by atoms with Gasteiger partial charge in [-0.15, -0.1) is 0 Å². The van der Waals surface area contributed by atoms with E-state index in [0.29, 0.717) is 5.92 Å². The van der Waals surface area contributed by atoms with Gasteiger partial charge in [-0.2, -0.15) is 0 Å². The van der Waals surface area contributed by atoms with Crippen molar-refractivity contribution in [2.24, 2.45) is 5.92 Å². The summed E-state index contributed by atoms with van der Waals surface area (Å²) in [5, 5.41) is 18.4. The average molecular weight is 225 g/mol. The van der Waals surface area contributed by atoms with Crippen LogP contribution in [-0.4, -0.2) is 22.7 Å². The fourth-order valence-corrected chi connectivity index (χ4v) is 1.51. The van der Waals surface area contributed by atoms with Gasteiger partial charge in [0.25, 0.3) is 0 Å². The van der Waals surface area contributed by atoms with Gasteiger partial charge in [-0.05, 0) is 23.5 Å². The third-order valence-electron chi connectivity index (χ3n) is 2.21. The van der Waals surface area contributed by atoms with Gasteiger partial charge in [0.15, 0.2) is 0 Å². The number of hydrogen-bond acceptors (Lipinski definition) is 2. The predicted molar refractivity (Wildman–Crippen MR) is 62.4 cm³/mol. The zero-order valence-electron chi connectivity index (χ0n) is 12.4. The topological polar surface area (TPSA) is 57.5 Å². The molecular formula is C13H18O3. The van der Waals surface area contributed by atoms with Crippen molar-refractivity contribution in [3.05, 3.63) is 35.4 Å². The first-order valence-corrected chi connectivity index (χ1v) is 5.14. The summed E-state index contributed by atoms with van der Waals surface area (Å²) < 4.78 is 22.1. The van der Waals surface area contributed by atoms with Gasteiger partial charge in [-0.3, -0.25) is 4.79 Å². The van der Waals surface area contributed by atoms with Crippen LogP contribution in [0, 0.1) is 5.92 Å². The lowest BCUT2D eigenvalue weighted by Gasteiger charge is -2.11. The van der Waals surface area contributed by atoms with E-state index in [1.165, 1.54) is 12.1 Å². The molecule has 1 aromatic rings. The molecule has 16 heavy (non-hydrogen) atoms. The van der Waals surface area contributed by atoms with Crippen LogP contribution in [0.5, 0.6) is 0 Å². The van der Waals surface area contributed by atoms with Gasteiger partial charge in [0.1, 0.15) is 5.89 Å². The normalized spacial score (nSPS) is 18.4. The van der Waals surface area contributed by atoms with E-state index in [-0.39, 0.29) is 5.56 Å². The van der Waals surface area contributed by atoms with Gasteiger partial charge >= 0.3 is 5.97 Å². The Bertz CT molecular complexity index is 451. The lowest BCUT2D eigenvalue weighted by atomic mass is 9.96. The molecule has 1 atom stereocenters. The van der Waals surface area contributed by atoms with Crippen LogP contribution in [-0.2, 0) is 11.2 Å². The number of aliphatic hydroxyl groups is 1. The van der Waals surface area contributed by atoms with Crippen LogP contribution in [0.1, 0.15) is 35.0 Å². The van der Waals surface area contributed by atoms with Crippen molar-refractivity contribution in [1.82, 2.24) is 0 Å². The number of benzene rings is 1. The fourth-order valence-electron chi connectivity index (χ4n) is 1.51. The molecule has 0 saturated heterocycles. The minimum Gasteiger partial charge on any atom is -0.481 e. The molecule has 1 aromatic carbocycles. The molecule has 0 amide bonds. The summed E-state index contributed by atoms with van der Waals surface area (Å²) in [5.74, 6) is -4.02. The lowest BCUT2D eigenvalue weighted by Crippen LogP contribution is -2.15. The van der Waals surface area contributed by atoms with E-state index in [4.69, 9.17) is 9.22 Å². The molecule has 0 spiro atoms. The van der Waals surface area contributed by atoms with E-state index >= 15 is 0 Å². The summed E-state index contributed by atoms with van der Waals surface area (Å²) in [6.07, 6.45) is 0.810. The highest BCUT2D eigenvalue weighted by Gasteiger charge is 2.18. The molecule has 2 N–H and O–H groups in total. The first kappa shape index (κ1) is 8.76. The molecular weight excluding hydrogens is 204 g/mol. The highest BCUT2D eigenvalue weighted by molar-refractivity contribution is 5.76. The van der Waals surface area contributed by atoms with E-state index in [1.54, 1.807) is 12.1 Å². The Kier molecular flexibility index (Phi) is 3.10. The second kappa shape index (κ2) is 5.66. The van der Waals surface area contributed by atoms with Crippen molar-refractivity contribution in [2.75, 3.05) is 6.56 Å². The third-order valence-corrected chi connectivity index (χ3v) is 2.21. The molecule has 0 radical (unpaired) electrons. The van der Waals surface area contributed by atoms with Crippen LogP contribution in [0.4, 0.5) is 0 Å². The quantitative estimate of drug-likeness (QED) is 0.806. The largest absolute Gasteiger partial charge is 0.481 e. The standard InChI is InChI=1S/C13H18O3/c1-9(2)7-10-3-5-11(6-4-10)12(8-14)13(15)16/h3-6,9,12,14H,7-8H2,1-2H3,(H,15,16)/i8D2,12D. The zero-order valence-corrected chi connectivity index (χ0v) is 9.40. The highest BCUT2D eigenvalue weighted by Crippen LogP contribution is 2.17. The Hall–Kier alpha value is -1.35. The van der Waals surface area contributed by atoms with Gasteiger partial charge in [0.2, 0.25) is 0 Å². The van der Waals surface area contributed by atoms with Gasteiger partial charge in [0, 0.05) is 1.37 Å². The van der Waals surface area contributed by atoms with E-state index in [0.717, 1.165) is 12.0 Å². The molecule has 0 aliphatic heterocycles. The summed E-state index contributed by atoms with van der Waals surface area (Å²) in [6, 6.07) is 6.08. The molecule has 0 aromatic heterocycles. The van der Waals surface area contributed by atoms with Gasteiger partial charge < -0.3 is 10.2 Å². The maximum absolute atomic E-state index is 11.1. The Morgan fingerprint density at radius 2 is 2.00 bits per heavy atom. The van der Waals surface area contributed by atoms with Crippen LogP contribution in [0.15, 0.2) is 24.3 Å². The molecule has 3 heteroatoms. The zero-order chi connectivity index (χ0) is 14.8. The molecule has 88 valence electrons. The minimum absolute atomic E-state index is 0.0833. The molecule has 3 nitrogen and oxygen atoms in total. The van der Waals surface area contributed by atoms with E-state index < -0.39 is 18.4 Å². The van der Waals surface area contributed by atoms with Crippen molar-refractivity contribution >= 4 is 5.97 Å². The number of rotatable bonds is 5. The van der Waals surface area contributed by atoms with Crippen LogP contribution in [0.3, 0.4) is 0 Å². The maximum Gasteiger partial charge on any atom is 0.313 e. The number of aliphatic carboxylic acids is 1. The lowest BCUT2D eigenvalue weighted by molar-refractivity contribution is -0.139. The summed E-state index contributed by atoms with van der Waals surface area (Å²) in [5.41, 5.74) is 0.894. The Morgan fingerprint density at radius 1 is 1.44 bits per heavy atom. The van der Waals surface area contributed by atoms with Crippen LogP contribution >= 0.6 is 0 Å². The predicted octanol–water partition coefficient (Wildman–Crippen LogP) is 2.05. The summed E-state index contributed by atoms with van der Waals surface area (Å²) in [6.45, 7) is 0.928. The van der Waals surface area contributed by atoms with Crippen LogP contribution in [0.2, 0.25) is 0 Å². The fraction of sp³-hybridized carbons (Fsp3) is 0.462. The van der Waals surface area contributed by atoms with Gasteiger partial charge in [-0.1, -0.05) is 38.1 Å². The van der Waals surface area contributed by atoms with E-state index in [1.807, 2.05) is 13.8 Å². The number of hydrogen-bond donors (Lipinski definition) is 2. The van der Waals surface area contributed by atoms with E-state index in [9.17, 15) is 9.90 Å². The SMILES string of the molecule is [2H]C([2H])(O)C([2H])(C(=O)O)c1ccc(CC(C)C)cc1. The van der Waals surface area contributed by atoms with Crippen molar-refractivity contribution in [1.29, 1.82) is 0 Å². The monoisotopic (exact) mass is 225 g/mol. The highest BCUT2D eigenvalue weighted by atomic mass is 16.4. The molecule has 0 aliphatic carbocycles. The molecule has 1 rings (SSSR count). The first-order valence-electron chi connectivity index (χ1n) is 6.64. The molecule has 1 unspecified atom stereocenters. The smallest absolute Gasteiger partial charge is 0.313 e. The number of carboxylic acids is 1. The summed E-state index contributed by atoms with van der Waals surface area (Å²) >= 11 is 0. The number of carbonyl (C=O) groups is 1. The third kappa shape index (κ3) is 3.35. The molecule has 0 bridgehead atoms. The second-order valence-corrected chi connectivity index (χ2v) is 4.09. The molecule has 0 saturated carbocycles. The van der Waals surface area contributed by atoms with Crippen LogP contribution < -0.4 is 0 Å². The minimum atomic E-state index is -3.17. The molecule has 0 heterocycles. The van der Waals surface area contributed by atoms with Crippen molar-refractivity contribution < 1.29 is 19.1 Å². The van der Waals surface area contributed by atoms with Gasteiger partial charge in [-0.25, -0.2) is 0 Å². The van der Waals surface area contributed by atoms with Crippen molar-refractivity contribution in [3.63, 3.8) is 0 Å². The molecule has 0 fully saturated rings. The van der Waals surface area contributed by atoms with Gasteiger partial charge in [0.05, 0.1) is 9.30 Å². The Labute approximate surface area is 100.0 Å². The Balaban J connectivity index is 3.16. The summed E-state index contributed by atoms with van der Waals surface area (Å²) in [4.78, 5) is 11.1. The maximum atomic E-state index is 11.1. The average Bonchev–Trinajstić information content (AvgIpc) is 2.26. The van der Waals surface area contributed by atoms with Crippen molar-refractivity contribution in [2.45, 2.75) is 26.2 Å². The Morgan fingerprint density at radius 3 is 2.38 bits per heavy atom. The first-order chi connectivity index (χ1) is 8.59. The molecule has 0 aliphatic rings. The second-order valence-electron chi connectivity index (χ2n) is 4.09. The van der Waals surface area contributed by atoms with E-state index in [2.05, 4.69) is 0 Å². The number of carboxylic acid groups (broad SMARTS) is 1.